The maximum atomic E-state index is 12.2. The van der Waals surface area contributed by atoms with E-state index in [1.54, 1.807) is 6.92 Å². The molecule has 1 aromatic heterocycles. The Morgan fingerprint density at radius 2 is 2.05 bits per heavy atom. The Morgan fingerprint density at radius 3 is 2.79 bits per heavy atom. The van der Waals surface area contributed by atoms with Crippen molar-refractivity contribution in [2.24, 2.45) is 0 Å². The molecule has 4 nitrogen and oxygen atoms in total. The summed E-state index contributed by atoms with van der Waals surface area (Å²) in [4.78, 5) is 23.7. The van der Waals surface area contributed by atoms with Gasteiger partial charge in [-0.05, 0) is 19.9 Å². The van der Waals surface area contributed by atoms with Crippen molar-refractivity contribution in [2.45, 2.75) is 19.9 Å². The molecule has 1 aromatic carbocycles. The molecular formula is C14H16N2O2S. The van der Waals surface area contributed by atoms with Crippen molar-refractivity contribution in [3.8, 4) is 0 Å². The fraction of sp³-hybridized carbons (Fsp3) is 0.286. The number of nitrogens with one attached hydrogen (secondary N) is 2. The summed E-state index contributed by atoms with van der Waals surface area (Å²) >= 11 is 1.53. The lowest BCUT2D eigenvalue weighted by atomic mass is 10.1. The van der Waals surface area contributed by atoms with Gasteiger partial charge in [0.05, 0.1) is 5.56 Å². The molecule has 2 N–H and O–H groups in total. The van der Waals surface area contributed by atoms with E-state index in [4.69, 9.17) is 0 Å². The van der Waals surface area contributed by atoms with Gasteiger partial charge in [-0.3, -0.25) is 9.59 Å². The normalized spacial score (nSPS) is 12.1. The highest BCUT2D eigenvalue weighted by Gasteiger charge is 2.18. The van der Waals surface area contributed by atoms with Gasteiger partial charge in [-0.25, -0.2) is 0 Å². The summed E-state index contributed by atoms with van der Waals surface area (Å²) in [5, 5.41) is 8.14. The zero-order valence-electron chi connectivity index (χ0n) is 10.9. The summed E-state index contributed by atoms with van der Waals surface area (Å²) in [7, 11) is 0. The molecule has 0 spiro atoms. The van der Waals surface area contributed by atoms with Crippen molar-refractivity contribution in [1.82, 2.24) is 10.6 Å². The van der Waals surface area contributed by atoms with Crippen LogP contribution in [0.4, 0.5) is 0 Å². The smallest absolute Gasteiger partial charge is 0.253 e. The van der Waals surface area contributed by atoms with E-state index in [1.165, 1.54) is 11.3 Å². The second-order valence-electron chi connectivity index (χ2n) is 4.24. The summed E-state index contributed by atoms with van der Waals surface area (Å²) in [5.41, 5.74) is 0.622. The number of amides is 2. The van der Waals surface area contributed by atoms with Crippen molar-refractivity contribution in [2.75, 3.05) is 6.54 Å². The van der Waals surface area contributed by atoms with Gasteiger partial charge in [0.2, 0.25) is 5.91 Å². The quantitative estimate of drug-likeness (QED) is 0.899. The van der Waals surface area contributed by atoms with Gasteiger partial charge in [-0.1, -0.05) is 18.2 Å². The standard InChI is InChI=1S/C14H16N2O2S/c1-3-15-13(17)9(2)16-14(18)11-8-19-12-7-5-4-6-10(11)12/h4-9H,3H2,1-2H3,(H,15,17)(H,16,18). The SMILES string of the molecule is CCNC(=O)C(C)NC(=O)c1csc2ccccc12. The van der Waals surface area contributed by atoms with Crippen LogP contribution in [0.1, 0.15) is 24.2 Å². The number of hydrogen-bond donors (Lipinski definition) is 2. The van der Waals surface area contributed by atoms with Gasteiger partial charge in [-0.15, -0.1) is 11.3 Å². The molecule has 2 aromatic rings. The van der Waals surface area contributed by atoms with Gasteiger partial charge in [-0.2, -0.15) is 0 Å². The highest BCUT2D eigenvalue weighted by atomic mass is 32.1. The van der Waals surface area contributed by atoms with Crippen molar-refractivity contribution in [3.63, 3.8) is 0 Å². The molecule has 5 heteroatoms. The highest BCUT2D eigenvalue weighted by Crippen LogP contribution is 2.25. The van der Waals surface area contributed by atoms with E-state index < -0.39 is 6.04 Å². The summed E-state index contributed by atoms with van der Waals surface area (Å²) < 4.78 is 1.07. The highest BCUT2D eigenvalue weighted by molar-refractivity contribution is 7.17. The number of thiophene rings is 1. The number of carbonyl (C=O) groups is 2. The number of fused-ring (bicyclic) bond motifs is 1. The predicted octanol–water partition coefficient (Wildman–Crippen LogP) is 2.16. The van der Waals surface area contributed by atoms with Crippen molar-refractivity contribution in [1.29, 1.82) is 0 Å². The molecule has 1 atom stereocenters. The molecule has 0 radical (unpaired) electrons. The third-order valence-corrected chi connectivity index (χ3v) is 3.78. The molecule has 0 saturated carbocycles. The van der Waals surface area contributed by atoms with Crippen LogP contribution in [-0.2, 0) is 4.79 Å². The topological polar surface area (TPSA) is 58.2 Å². The zero-order chi connectivity index (χ0) is 13.8. The third-order valence-electron chi connectivity index (χ3n) is 2.82. The number of benzene rings is 1. The first-order valence-electron chi connectivity index (χ1n) is 6.18. The Balaban J connectivity index is 2.14. The molecule has 1 heterocycles. The molecule has 19 heavy (non-hydrogen) atoms. The molecule has 0 aliphatic carbocycles. The minimum atomic E-state index is -0.536. The average molecular weight is 276 g/mol. The molecule has 1 unspecified atom stereocenters. The van der Waals surface area contributed by atoms with Crippen LogP contribution in [0, 0.1) is 0 Å². The van der Waals surface area contributed by atoms with Crippen LogP contribution in [0.3, 0.4) is 0 Å². The van der Waals surface area contributed by atoms with Crippen LogP contribution in [0.25, 0.3) is 10.1 Å². The van der Waals surface area contributed by atoms with Gasteiger partial charge in [0.1, 0.15) is 6.04 Å². The molecule has 100 valence electrons. The third kappa shape index (κ3) is 2.93. The van der Waals surface area contributed by atoms with Gasteiger partial charge < -0.3 is 10.6 Å². The second-order valence-corrected chi connectivity index (χ2v) is 5.15. The van der Waals surface area contributed by atoms with Gasteiger partial charge in [0.15, 0.2) is 0 Å². The molecule has 0 saturated heterocycles. The van der Waals surface area contributed by atoms with Crippen LogP contribution in [0.15, 0.2) is 29.6 Å². The Labute approximate surface area is 115 Å². The molecule has 0 aliphatic heterocycles. The first-order valence-corrected chi connectivity index (χ1v) is 7.06. The van der Waals surface area contributed by atoms with Gasteiger partial charge in [0, 0.05) is 22.0 Å². The monoisotopic (exact) mass is 276 g/mol. The van der Waals surface area contributed by atoms with Crippen LogP contribution < -0.4 is 10.6 Å². The summed E-state index contributed by atoms with van der Waals surface area (Å²) in [6, 6.07) is 7.20. The maximum absolute atomic E-state index is 12.2. The van der Waals surface area contributed by atoms with Crippen molar-refractivity contribution in [3.05, 3.63) is 35.2 Å². The number of carbonyl (C=O) groups excluding carboxylic acids is 2. The van der Waals surface area contributed by atoms with E-state index in [-0.39, 0.29) is 11.8 Å². The zero-order valence-corrected chi connectivity index (χ0v) is 11.7. The summed E-state index contributed by atoms with van der Waals surface area (Å²) in [5.74, 6) is -0.383. The van der Waals surface area contributed by atoms with Gasteiger partial charge in [0.25, 0.3) is 5.91 Å². The van der Waals surface area contributed by atoms with E-state index in [2.05, 4.69) is 10.6 Å². The largest absolute Gasteiger partial charge is 0.355 e. The minimum Gasteiger partial charge on any atom is -0.355 e. The average Bonchev–Trinajstić information content (AvgIpc) is 2.82. The lowest BCUT2D eigenvalue weighted by Crippen LogP contribution is -2.44. The fourth-order valence-electron chi connectivity index (χ4n) is 1.82. The molecule has 0 fully saturated rings. The van der Waals surface area contributed by atoms with Crippen LogP contribution in [0.2, 0.25) is 0 Å². The lowest BCUT2D eigenvalue weighted by molar-refractivity contribution is -0.122. The summed E-state index contributed by atoms with van der Waals surface area (Å²) in [6.45, 7) is 4.08. The number of hydrogen-bond acceptors (Lipinski definition) is 3. The molecule has 2 rings (SSSR count). The van der Waals surface area contributed by atoms with E-state index in [9.17, 15) is 9.59 Å². The van der Waals surface area contributed by atoms with E-state index in [0.717, 1.165) is 10.1 Å². The van der Waals surface area contributed by atoms with Crippen LogP contribution in [0.5, 0.6) is 0 Å². The lowest BCUT2D eigenvalue weighted by Gasteiger charge is -2.12. The van der Waals surface area contributed by atoms with Gasteiger partial charge >= 0.3 is 0 Å². The van der Waals surface area contributed by atoms with Crippen molar-refractivity contribution < 1.29 is 9.59 Å². The van der Waals surface area contributed by atoms with Crippen LogP contribution in [-0.4, -0.2) is 24.4 Å². The Hall–Kier alpha value is -1.88. The molecule has 0 aliphatic rings. The number of likely N-dealkylation sites (N-methyl/N-ethyl adjacent to an activating group) is 1. The Morgan fingerprint density at radius 1 is 1.32 bits per heavy atom. The summed E-state index contributed by atoms with van der Waals surface area (Å²) in [6.07, 6.45) is 0. The first kappa shape index (κ1) is 13.5. The van der Waals surface area contributed by atoms with Crippen molar-refractivity contribution >= 4 is 33.2 Å². The maximum Gasteiger partial charge on any atom is 0.253 e. The van der Waals surface area contributed by atoms with E-state index in [1.807, 2.05) is 36.6 Å². The molecular weight excluding hydrogens is 260 g/mol. The molecule has 0 bridgehead atoms. The van der Waals surface area contributed by atoms with E-state index >= 15 is 0 Å². The first-order chi connectivity index (χ1) is 9.13. The molecule has 2 amide bonds. The number of rotatable bonds is 4. The Kier molecular flexibility index (Phi) is 4.16. The van der Waals surface area contributed by atoms with E-state index in [0.29, 0.717) is 12.1 Å². The van der Waals surface area contributed by atoms with Crippen LogP contribution >= 0.6 is 11.3 Å². The predicted molar refractivity (Wildman–Crippen MR) is 77.4 cm³/mol. The Bertz CT molecular complexity index is 606. The second kappa shape index (κ2) is 5.84. The minimum absolute atomic E-state index is 0.171. The fourth-order valence-corrected chi connectivity index (χ4v) is 2.76.